The fraction of sp³-hybridized carbons (Fsp3) is 0.463. The molecule has 0 spiro atoms. The van der Waals surface area contributed by atoms with Gasteiger partial charge in [-0.25, -0.2) is 18.6 Å². The van der Waals surface area contributed by atoms with Crippen molar-refractivity contribution in [2.75, 3.05) is 43.2 Å². The van der Waals surface area contributed by atoms with Gasteiger partial charge in [0.25, 0.3) is 11.8 Å². The van der Waals surface area contributed by atoms with Gasteiger partial charge in [0.2, 0.25) is 11.8 Å². The summed E-state index contributed by atoms with van der Waals surface area (Å²) in [5.41, 5.74) is -0.0729. The van der Waals surface area contributed by atoms with Crippen LogP contribution in [-0.2, 0) is 33.6 Å². The SMILES string of the molecule is CN(CC1CCC(n2cc3cc(NC(=O)c4cccc(C(F)(F)F)n4)c(S(C)=O)cc3n2)CC1)C1CCN(c2cccc3c2n(C)c(=O)n3C2CCC(=O)NC2=O)CC1(F)F. The molecule has 0 radical (unpaired) electrons. The zero-order chi connectivity index (χ0) is 43.5. The lowest BCUT2D eigenvalue weighted by atomic mass is 9.85. The van der Waals surface area contributed by atoms with E-state index in [1.54, 1.807) is 54.2 Å². The summed E-state index contributed by atoms with van der Waals surface area (Å²) < 4.78 is 89.2. The summed E-state index contributed by atoms with van der Waals surface area (Å²) in [5.74, 6) is -4.79. The van der Waals surface area contributed by atoms with Crippen LogP contribution in [-0.4, -0.2) is 95.6 Å². The van der Waals surface area contributed by atoms with Crippen LogP contribution in [0.2, 0.25) is 0 Å². The number of hydrogen-bond donors (Lipinski definition) is 2. The van der Waals surface area contributed by atoms with Crippen LogP contribution in [0.25, 0.3) is 21.9 Å². The van der Waals surface area contributed by atoms with E-state index in [0.717, 1.165) is 43.9 Å². The molecule has 8 rings (SSSR count). The van der Waals surface area contributed by atoms with Crippen LogP contribution < -0.4 is 21.2 Å². The number of rotatable bonds is 9. The molecule has 3 aliphatic rings. The highest BCUT2D eigenvalue weighted by Gasteiger charge is 2.47. The van der Waals surface area contributed by atoms with Gasteiger partial charge in [-0.3, -0.25) is 42.6 Å². The van der Waals surface area contributed by atoms with Gasteiger partial charge in [0, 0.05) is 44.4 Å². The molecule has 3 amide bonds. The van der Waals surface area contributed by atoms with E-state index in [2.05, 4.69) is 15.6 Å². The standard InChI is InChI=1S/C41H44F5N9O5S/c1-51(34-16-17-53(22-40(34,42)43)29-7-5-8-30-36(29)52(2)39(59)55(30)31-14-15-35(56)49-38(31)58)20-23-10-12-25(13-11-23)54-21-24-18-28(32(61(3)60)19-27(24)50-54)48-37(57)26-6-4-9-33(47-26)41(44,45)46/h4-9,18-19,21,23,25,31,34H,10-17,20,22H2,1-3H3,(H,48,57)(H,49,56,58). The van der Waals surface area contributed by atoms with E-state index >= 15 is 8.78 Å². The first-order chi connectivity index (χ1) is 28.9. The number of aryl methyl sites for hydroxylation is 1. The predicted molar refractivity (Wildman–Crippen MR) is 217 cm³/mol. The van der Waals surface area contributed by atoms with Crippen LogP contribution in [0.5, 0.6) is 0 Å². The summed E-state index contributed by atoms with van der Waals surface area (Å²) in [6.45, 7) is 0.240. The second kappa shape index (κ2) is 16.1. The second-order valence-corrected chi connectivity index (χ2v) is 17.6. The summed E-state index contributed by atoms with van der Waals surface area (Å²) in [4.78, 5) is 57.9. The van der Waals surface area contributed by atoms with Crippen LogP contribution in [0.1, 0.15) is 73.2 Å². The van der Waals surface area contributed by atoms with Crippen molar-refractivity contribution in [3.8, 4) is 0 Å². The molecule has 20 heteroatoms. The van der Waals surface area contributed by atoms with Crippen molar-refractivity contribution in [2.24, 2.45) is 13.0 Å². The van der Waals surface area contributed by atoms with Crippen LogP contribution in [0, 0.1) is 5.92 Å². The number of halogens is 5. The number of nitrogens with one attached hydrogen (secondary N) is 2. The number of alkyl halides is 5. The number of carbonyl (C=O) groups is 3. The Hall–Kier alpha value is -5.50. The lowest BCUT2D eigenvalue weighted by Gasteiger charge is -2.44. The summed E-state index contributed by atoms with van der Waals surface area (Å²) in [6.07, 6.45) is 1.94. The quantitative estimate of drug-likeness (QED) is 0.141. The van der Waals surface area contributed by atoms with Crippen LogP contribution in [0.15, 0.2) is 64.4 Å². The molecular formula is C41H44F5N9O5S. The maximum absolute atomic E-state index is 16.1. The molecule has 3 unspecified atom stereocenters. The molecule has 0 bridgehead atoms. The smallest absolute Gasteiger partial charge is 0.364 e. The first-order valence-electron chi connectivity index (χ1n) is 20.0. The third-order valence-electron chi connectivity index (χ3n) is 12.2. The number of aromatic nitrogens is 5. The zero-order valence-corrected chi connectivity index (χ0v) is 34.4. The number of hydrogen-bond acceptors (Lipinski definition) is 9. The van der Waals surface area contributed by atoms with E-state index in [-0.39, 0.29) is 41.8 Å². The molecule has 5 heterocycles. The van der Waals surface area contributed by atoms with Gasteiger partial charge in [0.05, 0.1) is 62.2 Å². The molecular weight excluding hydrogens is 826 g/mol. The second-order valence-electron chi connectivity index (χ2n) is 16.3. The number of fused-ring (bicyclic) bond motifs is 2. The van der Waals surface area contributed by atoms with Crippen molar-refractivity contribution in [3.63, 3.8) is 0 Å². The molecule has 5 aromatic rings. The summed E-state index contributed by atoms with van der Waals surface area (Å²) in [6, 6.07) is 9.38. The van der Waals surface area contributed by atoms with Crippen molar-refractivity contribution in [2.45, 2.75) is 80.1 Å². The highest BCUT2D eigenvalue weighted by atomic mass is 32.2. The molecule has 2 N–H and O–H groups in total. The zero-order valence-electron chi connectivity index (χ0n) is 33.5. The van der Waals surface area contributed by atoms with E-state index in [9.17, 15) is 36.6 Å². The molecule has 1 saturated carbocycles. The van der Waals surface area contributed by atoms with Crippen molar-refractivity contribution in [1.82, 2.24) is 34.1 Å². The van der Waals surface area contributed by atoms with E-state index in [0.29, 0.717) is 40.7 Å². The first-order valence-corrected chi connectivity index (χ1v) is 21.5. The molecule has 2 aliphatic heterocycles. The minimum atomic E-state index is -4.73. The van der Waals surface area contributed by atoms with Crippen molar-refractivity contribution in [3.05, 3.63) is 76.6 Å². The number of nitrogens with zero attached hydrogens (tertiary/aromatic N) is 7. The number of piperidine rings is 2. The van der Waals surface area contributed by atoms with E-state index in [4.69, 9.17) is 5.10 Å². The number of benzene rings is 2. The molecule has 324 valence electrons. The molecule has 3 fully saturated rings. The Kier molecular flexibility index (Phi) is 11.1. The lowest BCUT2D eigenvalue weighted by molar-refractivity contribution is -0.141. The average Bonchev–Trinajstić information content (AvgIpc) is 3.74. The Labute approximate surface area is 348 Å². The minimum Gasteiger partial charge on any atom is -0.364 e. The Morgan fingerprint density at radius 1 is 1.03 bits per heavy atom. The fourth-order valence-corrected chi connectivity index (χ4v) is 9.90. The molecule has 2 aromatic carbocycles. The number of pyridine rings is 1. The van der Waals surface area contributed by atoms with Crippen molar-refractivity contribution < 1.29 is 40.5 Å². The molecule has 14 nitrogen and oxygen atoms in total. The van der Waals surface area contributed by atoms with Crippen LogP contribution in [0.4, 0.5) is 33.3 Å². The van der Waals surface area contributed by atoms with Gasteiger partial charge in [-0.1, -0.05) is 12.1 Å². The molecule has 3 atom stereocenters. The Bertz CT molecular complexity index is 2630. The number of imide groups is 1. The molecule has 1 aliphatic carbocycles. The van der Waals surface area contributed by atoms with Gasteiger partial charge in [-0.2, -0.15) is 18.3 Å². The normalized spacial score (nSPS) is 22.8. The van der Waals surface area contributed by atoms with E-state index in [1.165, 1.54) is 15.4 Å². The maximum atomic E-state index is 16.1. The maximum Gasteiger partial charge on any atom is 0.433 e. The number of anilines is 2. The largest absolute Gasteiger partial charge is 0.433 e. The minimum absolute atomic E-state index is 0.00471. The Morgan fingerprint density at radius 2 is 1.77 bits per heavy atom. The van der Waals surface area contributed by atoms with Gasteiger partial charge in [0.1, 0.15) is 17.4 Å². The van der Waals surface area contributed by atoms with Gasteiger partial charge >= 0.3 is 11.9 Å². The topological polar surface area (TPSA) is 156 Å². The van der Waals surface area contributed by atoms with E-state index in [1.807, 2.05) is 10.9 Å². The number of amides is 3. The fourth-order valence-electron chi connectivity index (χ4n) is 9.21. The van der Waals surface area contributed by atoms with Crippen molar-refractivity contribution in [1.29, 1.82) is 0 Å². The number of para-hydroxylation sites is 1. The van der Waals surface area contributed by atoms with Crippen LogP contribution >= 0.6 is 0 Å². The van der Waals surface area contributed by atoms with Gasteiger partial charge in [0.15, 0.2) is 0 Å². The third-order valence-corrected chi connectivity index (χ3v) is 13.2. The molecule has 2 saturated heterocycles. The number of imidazole rings is 1. The van der Waals surface area contributed by atoms with Gasteiger partial charge < -0.3 is 10.2 Å². The lowest BCUT2D eigenvalue weighted by Crippen LogP contribution is -2.58. The third kappa shape index (κ3) is 8.18. The van der Waals surface area contributed by atoms with E-state index < -0.39 is 76.3 Å². The monoisotopic (exact) mass is 869 g/mol. The Morgan fingerprint density at radius 3 is 2.46 bits per heavy atom. The first kappa shape index (κ1) is 42.2. The van der Waals surface area contributed by atoms with Crippen molar-refractivity contribution >= 4 is 61.8 Å². The van der Waals surface area contributed by atoms with Gasteiger partial charge in [-0.15, -0.1) is 0 Å². The van der Waals surface area contributed by atoms with Crippen LogP contribution in [0.3, 0.4) is 0 Å². The number of carbonyl (C=O) groups excluding carboxylic acids is 3. The predicted octanol–water partition coefficient (Wildman–Crippen LogP) is 5.65. The average molecular weight is 870 g/mol. The molecule has 61 heavy (non-hydrogen) atoms. The summed E-state index contributed by atoms with van der Waals surface area (Å²) >= 11 is 0. The highest BCUT2D eigenvalue weighted by Crippen LogP contribution is 2.39. The summed E-state index contributed by atoms with van der Waals surface area (Å²) in [5, 5.41) is 10.2. The highest BCUT2D eigenvalue weighted by molar-refractivity contribution is 7.84. The molecule has 3 aromatic heterocycles. The van der Waals surface area contributed by atoms with Gasteiger partial charge in [-0.05, 0) is 87.9 Å². The summed E-state index contributed by atoms with van der Waals surface area (Å²) in [7, 11) is 1.70. The Balaban J connectivity index is 0.907.